The van der Waals surface area contributed by atoms with Gasteiger partial charge in [0.25, 0.3) is 0 Å². The minimum Gasteiger partial charge on any atom is -0.313 e. The lowest BCUT2D eigenvalue weighted by Gasteiger charge is -2.20. The summed E-state index contributed by atoms with van der Waals surface area (Å²) in [6.45, 7) is 0.876. The van der Waals surface area contributed by atoms with Crippen molar-refractivity contribution in [3.8, 4) is 6.07 Å². The van der Waals surface area contributed by atoms with Gasteiger partial charge in [0.05, 0.1) is 6.07 Å². The van der Waals surface area contributed by atoms with Gasteiger partial charge in [-0.15, -0.1) is 0 Å². The molecule has 0 bridgehead atoms. The molecule has 13 heavy (non-hydrogen) atoms. The summed E-state index contributed by atoms with van der Waals surface area (Å²) >= 11 is 0. The molecule has 0 heterocycles. The summed E-state index contributed by atoms with van der Waals surface area (Å²) in [5, 5.41) is 11.9. The molecule has 1 fully saturated rings. The third kappa shape index (κ3) is 4.90. The van der Waals surface area contributed by atoms with Crippen LogP contribution in [0.4, 0.5) is 0 Å². The van der Waals surface area contributed by atoms with Crippen LogP contribution < -0.4 is 5.32 Å². The van der Waals surface area contributed by atoms with E-state index >= 15 is 0 Å². The maximum absolute atomic E-state index is 8.41. The van der Waals surface area contributed by atoms with Gasteiger partial charge in [-0.25, -0.2) is 0 Å². The summed E-state index contributed by atoms with van der Waals surface area (Å²) in [6, 6.07) is 2.86. The molecule has 0 saturated heterocycles. The molecule has 74 valence electrons. The molecule has 0 atom stereocenters. The van der Waals surface area contributed by atoms with E-state index in [0.29, 0.717) is 12.5 Å². The minimum atomic E-state index is 0.649. The standard InChI is InChI=1S/C11H20N2/c12-9-6-10-13-11-7-4-2-1-3-5-8-11/h11,13H,1-8,10H2. The second kappa shape index (κ2) is 6.91. The van der Waals surface area contributed by atoms with E-state index in [0.717, 1.165) is 6.54 Å². The Kier molecular flexibility index (Phi) is 5.60. The van der Waals surface area contributed by atoms with Crippen LogP contribution in [0.25, 0.3) is 0 Å². The molecule has 0 aromatic rings. The zero-order valence-corrected chi connectivity index (χ0v) is 8.39. The number of hydrogen-bond donors (Lipinski definition) is 1. The molecule has 0 spiro atoms. The summed E-state index contributed by atoms with van der Waals surface area (Å²) in [4.78, 5) is 0. The van der Waals surface area contributed by atoms with Gasteiger partial charge < -0.3 is 5.32 Å². The Hall–Kier alpha value is -0.550. The average molecular weight is 180 g/mol. The maximum atomic E-state index is 8.41. The van der Waals surface area contributed by atoms with Crippen molar-refractivity contribution < 1.29 is 0 Å². The van der Waals surface area contributed by atoms with Crippen LogP contribution >= 0.6 is 0 Å². The van der Waals surface area contributed by atoms with Gasteiger partial charge in [-0.05, 0) is 12.8 Å². The molecule has 0 aliphatic heterocycles. The number of nitriles is 1. The van der Waals surface area contributed by atoms with E-state index in [9.17, 15) is 0 Å². The van der Waals surface area contributed by atoms with Crippen LogP contribution in [-0.2, 0) is 0 Å². The van der Waals surface area contributed by atoms with Crippen LogP contribution in [0.15, 0.2) is 0 Å². The van der Waals surface area contributed by atoms with Gasteiger partial charge in [0.2, 0.25) is 0 Å². The Balaban J connectivity index is 2.11. The van der Waals surface area contributed by atoms with Gasteiger partial charge in [-0.3, -0.25) is 0 Å². The molecule has 2 nitrogen and oxygen atoms in total. The van der Waals surface area contributed by atoms with Crippen LogP contribution in [0.5, 0.6) is 0 Å². The molecule has 0 amide bonds. The van der Waals surface area contributed by atoms with Crippen molar-refractivity contribution in [3.05, 3.63) is 0 Å². The Morgan fingerprint density at radius 1 is 1.08 bits per heavy atom. The van der Waals surface area contributed by atoms with Gasteiger partial charge in [0, 0.05) is 19.0 Å². The predicted molar refractivity (Wildman–Crippen MR) is 54.3 cm³/mol. The summed E-state index contributed by atoms with van der Waals surface area (Å²) in [6.07, 6.45) is 10.2. The van der Waals surface area contributed by atoms with Crippen molar-refractivity contribution in [3.63, 3.8) is 0 Å². The quantitative estimate of drug-likeness (QED) is 0.678. The molecular weight excluding hydrogens is 160 g/mol. The van der Waals surface area contributed by atoms with Crippen LogP contribution in [0, 0.1) is 11.3 Å². The third-order valence-electron chi connectivity index (χ3n) is 2.77. The van der Waals surface area contributed by atoms with E-state index in [1.54, 1.807) is 0 Å². The van der Waals surface area contributed by atoms with E-state index in [4.69, 9.17) is 5.26 Å². The second-order valence-electron chi connectivity index (χ2n) is 3.90. The fraction of sp³-hybridized carbons (Fsp3) is 0.909. The lowest BCUT2D eigenvalue weighted by atomic mass is 9.97. The predicted octanol–water partition coefficient (Wildman–Crippen LogP) is 2.60. The zero-order chi connectivity index (χ0) is 9.36. The first kappa shape index (κ1) is 10.5. The van der Waals surface area contributed by atoms with E-state index in [-0.39, 0.29) is 0 Å². The van der Waals surface area contributed by atoms with Gasteiger partial charge >= 0.3 is 0 Å². The lowest BCUT2D eigenvalue weighted by molar-refractivity contribution is 0.393. The highest BCUT2D eigenvalue weighted by molar-refractivity contribution is 4.74. The zero-order valence-electron chi connectivity index (χ0n) is 8.39. The molecule has 1 aliphatic carbocycles. The largest absolute Gasteiger partial charge is 0.313 e. The fourth-order valence-corrected chi connectivity index (χ4v) is 1.99. The SMILES string of the molecule is N#CCCNC1CCCCCCC1. The Labute approximate surface area is 81.3 Å². The van der Waals surface area contributed by atoms with Crippen molar-refractivity contribution in [1.82, 2.24) is 5.32 Å². The minimum absolute atomic E-state index is 0.649. The smallest absolute Gasteiger partial charge is 0.0635 e. The Morgan fingerprint density at radius 2 is 1.69 bits per heavy atom. The van der Waals surface area contributed by atoms with Crippen LogP contribution in [0.1, 0.15) is 51.4 Å². The highest BCUT2D eigenvalue weighted by Gasteiger charge is 2.09. The number of nitrogens with one attached hydrogen (secondary N) is 1. The first-order chi connectivity index (χ1) is 6.43. The number of nitrogens with zero attached hydrogens (tertiary/aromatic N) is 1. The fourth-order valence-electron chi connectivity index (χ4n) is 1.99. The van der Waals surface area contributed by atoms with Crippen molar-refractivity contribution in [2.24, 2.45) is 0 Å². The highest BCUT2D eigenvalue weighted by Crippen LogP contribution is 2.16. The van der Waals surface area contributed by atoms with Crippen molar-refractivity contribution >= 4 is 0 Å². The van der Waals surface area contributed by atoms with Crippen molar-refractivity contribution in [2.45, 2.75) is 57.4 Å². The van der Waals surface area contributed by atoms with Gasteiger partial charge in [-0.2, -0.15) is 5.26 Å². The van der Waals surface area contributed by atoms with Crippen molar-refractivity contribution in [1.29, 1.82) is 5.26 Å². The van der Waals surface area contributed by atoms with Gasteiger partial charge in [-0.1, -0.05) is 32.1 Å². The van der Waals surface area contributed by atoms with Gasteiger partial charge in [0.15, 0.2) is 0 Å². The average Bonchev–Trinajstić information content (AvgIpc) is 2.08. The first-order valence-electron chi connectivity index (χ1n) is 5.54. The molecule has 0 aromatic carbocycles. The second-order valence-corrected chi connectivity index (χ2v) is 3.90. The van der Waals surface area contributed by atoms with E-state index < -0.39 is 0 Å². The molecular formula is C11H20N2. The first-order valence-corrected chi connectivity index (χ1v) is 5.54. The molecule has 1 rings (SSSR count). The summed E-state index contributed by atoms with van der Waals surface area (Å²) in [7, 11) is 0. The number of rotatable bonds is 3. The monoisotopic (exact) mass is 180 g/mol. The topological polar surface area (TPSA) is 35.8 Å². The van der Waals surface area contributed by atoms with Gasteiger partial charge in [0.1, 0.15) is 0 Å². The van der Waals surface area contributed by atoms with Crippen LogP contribution in [-0.4, -0.2) is 12.6 Å². The van der Waals surface area contributed by atoms with E-state index in [2.05, 4.69) is 11.4 Å². The van der Waals surface area contributed by atoms with E-state index in [1.165, 1.54) is 44.9 Å². The summed E-state index contributed by atoms with van der Waals surface area (Å²) in [5.74, 6) is 0. The molecule has 1 saturated carbocycles. The Bertz CT molecular complexity index is 152. The molecule has 0 unspecified atom stereocenters. The molecule has 0 aromatic heterocycles. The molecule has 0 radical (unpaired) electrons. The highest BCUT2D eigenvalue weighted by atomic mass is 14.9. The van der Waals surface area contributed by atoms with Crippen molar-refractivity contribution in [2.75, 3.05) is 6.54 Å². The third-order valence-corrected chi connectivity index (χ3v) is 2.77. The molecule has 1 N–H and O–H groups in total. The Morgan fingerprint density at radius 3 is 2.31 bits per heavy atom. The summed E-state index contributed by atoms with van der Waals surface area (Å²) in [5.41, 5.74) is 0. The lowest BCUT2D eigenvalue weighted by Crippen LogP contribution is -2.30. The number of hydrogen-bond acceptors (Lipinski definition) is 2. The molecule has 2 heteroatoms. The van der Waals surface area contributed by atoms with Crippen LogP contribution in [0.3, 0.4) is 0 Å². The normalized spacial score (nSPS) is 20.2. The van der Waals surface area contributed by atoms with Crippen LogP contribution in [0.2, 0.25) is 0 Å². The summed E-state index contributed by atoms with van der Waals surface area (Å²) < 4.78 is 0. The van der Waals surface area contributed by atoms with E-state index in [1.807, 2.05) is 0 Å². The molecule has 1 aliphatic rings. The maximum Gasteiger partial charge on any atom is 0.0635 e.